The van der Waals surface area contributed by atoms with Gasteiger partial charge in [0.2, 0.25) is 0 Å². The third-order valence-electron chi connectivity index (χ3n) is 3.19. The summed E-state index contributed by atoms with van der Waals surface area (Å²) < 4.78 is 0. The van der Waals surface area contributed by atoms with Crippen molar-refractivity contribution in [1.29, 1.82) is 0 Å². The molecule has 2 heteroatoms. The summed E-state index contributed by atoms with van der Waals surface area (Å²) in [5.41, 5.74) is 2.92. The maximum absolute atomic E-state index is 3.56. The molecule has 0 radical (unpaired) electrons. The van der Waals surface area contributed by atoms with Gasteiger partial charge >= 0.3 is 0 Å². The quantitative estimate of drug-likeness (QED) is 0.861. The van der Waals surface area contributed by atoms with E-state index in [1.54, 1.807) is 0 Å². The first-order valence-corrected chi connectivity index (χ1v) is 6.79. The molecule has 18 heavy (non-hydrogen) atoms. The van der Waals surface area contributed by atoms with Crippen molar-refractivity contribution in [3.8, 4) is 0 Å². The van der Waals surface area contributed by atoms with Crippen LogP contribution in [-0.4, -0.2) is 30.1 Å². The van der Waals surface area contributed by atoms with E-state index in [0.717, 1.165) is 13.1 Å². The largest absolute Gasteiger partial charge is 0.311 e. The zero-order valence-electron chi connectivity index (χ0n) is 12.7. The summed E-state index contributed by atoms with van der Waals surface area (Å²) in [5.74, 6) is 0. The molecule has 0 aromatic heterocycles. The Morgan fingerprint density at radius 1 is 1.28 bits per heavy atom. The Morgan fingerprint density at radius 2 is 1.94 bits per heavy atom. The van der Waals surface area contributed by atoms with Gasteiger partial charge in [0.1, 0.15) is 0 Å². The van der Waals surface area contributed by atoms with Crippen molar-refractivity contribution in [3.63, 3.8) is 0 Å². The highest BCUT2D eigenvalue weighted by Crippen LogP contribution is 2.09. The highest BCUT2D eigenvalue weighted by Gasteiger charge is 2.14. The number of hydrogen-bond acceptors (Lipinski definition) is 2. The topological polar surface area (TPSA) is 15.3 Å². The van der Waals surface area contributed by atoms with Crippen molar-refractivity contribution < 1.29 is 0 Å². The first-order valence-electron chi connectivity index (χ1n) is 6.79. The number of nitrogens with one attached hydrogen (secondary N) is 1. The minimum atomic E-state index is 0.193. The number of aryl methyl sites for hydroxylation is 1. The molecule has 0 bridgehead atoms. The van der Waals surface area contributed by atoms with Gasteiger partial charge in [-0.15, -0.1) is 0 Å². The first-order chi connectivity index (χ1) is 8.28. The van der Waals surface area contributed by atoms with Crippen molar-refractivity contribution in [2.45, 2.75) is 52.7 Å². The van der Waals surface area contributed by atoms with E-state index in [4.69, 9.17) is 0 Å². The van der Waals surface area contributed by atoms with Crippen LogP contribution in [-0.2, 0) is 6.54 Å². The highest BCUT2D eigenvalue weighted by atomic mass is 15.1. The summed E-state index contributed by atoms with van der Waals surface area (Å²) in [6.07, 6.45) is 0. The molecular formula is C16H28N2. The van der Waals surface area contributed by atoms with E-state index in [1.165, 1.54) is 11.1 Å². The van der Waals surface area contributed by atoms with Crippen LogP contribution in [0.15, 0.2) is 24.3 Å². The molecule has 1 N–H and O–H groups in total. The summed E-state index contributed by atoms with van der Waals surface area (Å²) >= 11 is 0. The number of rotatable bonds is 5. The second kappa shape index (κ2) is 6.35. The normalized spacial score (nSPS) is 13.9. The Balaban J connectivity index is 2.47. The second-order valence-corrected chi connectivity index (χ2v) is 6.38. The lowest BCUT2D eigenvalue weighted by Gasteiger charge is -2.29. The van der Waals surface area contributed by atoms with Crippen molar-refractivity contribution >= 4 is 0 Å². The van der Waals surface area contributed by atoms with Gasteiger partial charge in [-0.05, 0) is 47.2 Å². The van der Waals surface area contributed by atoms with Crippen molar-refractivity contribution in [2.24, 2.45) is 0 Å². The van der Waals surface area contributed by atoms with Crippen molar-refractivity contribution in [2.75, 3.05) is 13.6 Å². The average Bonchev–Trinajstić information content (AvgIpc) is 2.24. The second-order valence-electron chi connectivity index (χ2n) is 6.38. The molecule has 0 aliphatic carbocycles. The summed E-state index contributed by atoms with van der Waals surface area (Å²) in [6, 6.07) is 9.28. The fraction of sp³-hybridized carbons (Fsp3) is 0.625. The lowest BCUT2D eigenvalue weighted by molar-refractivity contribution is 0.228. The van der Waals surface area contributed by atoms with Crippen LogP contribution in [0.3, 0.4) is 0 Å². The Morgan fingerprint density at radius 3 is 2.50 bits per heavy atom. The number of likely N-dealkylation sites (N-methyl/N-ethyl adjacent to an activating group) is 1. The standard InChI is InChI=1S/C16H28N2/c1-13-8-7-9-15(10-13)12-18(6)14(2)11-17-16(3,4)5/h7-10,14,17H,11-12H2,1-6H3. The van der Waals surface area contributed by atoms with Crippen LogP contribution in [0.4, 0.5) is 0 Å². The summed E-state index contributed by atoms with van der Waals surface area (Å²) in [5, 5.41) is 3.56. The Hall–Kier alpha value is -0.860. The predicted octanol–water partition coefficient (Wildman–Crippen LogP) is 3.20. The molecule has 0 saturated heterocycles. The van der Waals surface area contributed by atoms with Gasteiger partial charge < -0.3 is 5.32 Å². The van der Waals surface area contributed by atoms with Crippen molar-refractivity contribution in [3.05, 3.63) is 35.4 Å². The number of benzene rings is 1. The molecule has 0 heterocycles. The minimum absolute atomic E-state index is 0.193. The molecule has 2 nitrogen and oxygen atoms in total. The smallest absolute Gasteiger partial charge is 0.0234 e. The summed E-state index contributed by atoms with van der Waals surface area (Å²) in [4.78, 5) is 2.40. The molecule has 0 aliphatic heterocycles. The molecule has 102 valence electrons. The maximum atomic E-state index is 3.56. The lowest BCUT2D eigenvalue weighted by atomic mass is 10.1. The average molecular weight is 248 g/mol. The van der Waals surface area contributed by atoms with Crippen LogP contribution >= 0.6 is 0 Å². The summed E-state index contributed by atoms with van der Waals surface area (Å²) in [6.45, 7) is 13.1. The summed E-state index contributed by atoms with van der Waals surface area (Å²) in [7, 11) is 2.19. The lowest BCUT2D eigenvalue weighted by Crippen LogP contribution is -2.44. The fourth-order valence-corrected chi connectivity index (χ4v) is 1.86. The van der Waals surface area contributed by atoms with Gasteiger partial charge in [-0.2, -0.15) is 0 Å². The third-order valence-corrected chi connectivity index (χ3v) is 3.19. The van der Waals surface area contributed by atoms with E-state index in [-0.39, 0.29) is 5.54 Å². The van der Waals surface area contributed by atoms with E-state index >= 15 is 0 Å². The molecule has 1 aromatic carbocycles. The minimum Gasteiger partial charge on any atom is -0.311 e. The van der Waals surface area contributed by atoms with E-state index in [1.807, 2.05) is 0 Å². The van der Waals surface area contributed by atoms with Crippen LogP contribution in [0.2, 0.25) is 0 Å². The van der Waals surface area contributed by atoms with E-state index in [2.05, 4.69) is 76.1 Å². The van der Waals surface area contributed by atoms with Gasteiger partial charge in [-0.3, -0.25) is 4.90 Å². The molecule has 0 amide bonds. The zero-order valence-corrected chi connectivity index (χ0v) is 12.7. The molecular weight excluding hydrogens is 220 g/mol. The number of nitrogens with zero attached hydrogens (tertiary/aromatic N) is 1. The van der Waals surface area contributed by atoms with Crippen LogP contribution in [0, 0.1) is 6.92 Å². The Kier molecular flexibility index (Phi) is 5.36. The molecule has 1 unspecified atom stereocenters. The van der Waals surface area contributed by atoms with E-state index in [0.29, 0.717) is 6.04 Å². The Bertz CT molecular complexity index is 366. The Labute approximate surface area is 112 Å². The SMILES string of the molecule is Cc1cccc(CN(C)C(C)CNC(C)(C)C)c1. The zero-order chi connectivity index (χ0) is 13.8. The number of hydrogen-bond donors (Lipinski definition) is 1. The van der Waals surface area contributed by atoms with Gasteiger partial charge in [0.15, 0.2) is 0 Å². The highest BCUT2D eigenvalue weighted by molar-refractivity contribution is 5.22. The molecule has 1 atom stereocenters. The maximum Gasteiger partial charge on any atom is 0.0234 e. The molecule has 1 rings (SSSR count). The van der Waals surface area contributed by atoms with Crippen LogP contribution < -0.4 is 5.32 Å². The van der Waals surface area contributed by atoms with Gasteiger partial charge in [0.25, 0.3) is 0 Å². The third kappa shape index (κ3) is 5.65. The van der Waals surface area contributed by atoms with Gasteiger partial charge in [0.05, 0.1) is 0 Å². The molecule has 0 aliphatic rings. The molecule has 0 fully saturated rings. The monoisotopic (exact) mass is 248 g/mol. The molecule has 0 spiro atoms. The molecule has 0 saturated carbocycles. The van der Waals surface area contributed by atoms with Crippen LogP contribution in [0.25, 0.3) is 0 Å². The van der Waals surface area contributed by atoms with E-state index < -0.39 is 0 Å². The fourth-order valence-electron chi connectivity index (χ4n) is 1.86. The van der Waals surface area contributed by atoms with Gasteiger partial charge in [0, 0.05) is 24.7 Å². The first kappa shape index (κ1) is 15.2. The van der Waals surface area contributed by atoms with Gasteiger partial charge in [-0.1, -0.05) is 29.8 Å². The predicted molar refractivity (Wildman–Crippen MR) is 79.9 cm³/mol. The van der Waals surface area contributed by atoms with Crippen molar-refractivity contribution in [1.82, 2.24) is 10.2 Å². The van der Waals surface area contributed by atoms with Gasteiger partial charge in [-0.25, -0.2) is 0 Å². The van der Waals surface area contributed by atoms with Crippen LogP contribution in [0.5, 0.6) is 0 Å². The molecule has 1 aromatic rings. The van der Waals surface area contributed by atoms with Crippen LogP contribution in [0.1, 0.15) is 38.8 Å². The van der Waals surface area contributed by atoms with E-state index in [9.17, 15) is 0 Å².